The van der Waals surface area contributed by atoms with Gasteiger partial charge in [-0.25, -0.2) is 4.98 Å². The first-order valence-corrected chi connectivity index (χ1v) is 13.0. The van der Waals surface area contributed by atoms with Crippen molar-refractivity contribution in [3.05, 3.63) is 54.2 Å². The van der Waals surface area contributed by atoms with E-state index in [2.05, 4.69) is 39.0 Å². The minimum Gasteiger partial charge on any atom is -0.474 e. The lowest BCUT2D eigenvalue weighted by Gasteiger charge is -2.44. The van der Waals surface area contributed by atoms with Crippen LogP contribution in [0.3, 0.4) is 0 Å². The number of rotatable bonds is 4. The first-order valence-electron chi connectivity index (χ1n) is 13.0. The van der Waals surface area contributed by atoms with Gasteiger partial charge in [-0.05, 0) is 74.8 Å². The molecule has 4 aliphatic rings. The molecular formula is C28H35N3O2. The third-order valence-corrected chi connectivity index (χ3v) is 8.53. The number of piperidine rings is 2. The molecule has 1 saturated carbocycles. The fourth-order valence-corrected chi connectivity index (χ4v) is 7.05. The van der Waals surface area contributed by atoms with Crippen molar-refractivity contribution in [3.8, 4) is 5.88 Å². The molecule has 4 fully saturated rings. The second-order valence-corrected chi connectivity index (χ2v) is 10.5. The zero-order chi connectivity index (χ0) is 22.2. The Labute approximate surface area is 197 Å². The Morgan fingerprint density at radius 2 is 1.64 bits per heavy atom. The predicted molar refractivity (Wildman–Crippen MR) is 130 cm³/mol. The minimum absolute atomic E-state index is 0.233. The number of anilines is 1. The van der Waals surface area contributed by atoms with E-state index in [-0.39, 0.29) is 12.0 Å². The molecule has 1 amide bonds. The van der Waals surface area contributed by atoms with Crippen LogP contribution < -0.4 is 9.64 Å². The molecule has 1 aromatic heterocycles. The van der Waals surface area contributed by atoms with Gasteiger partial charge in [-0.15, -0.1) is 0 Å². The maximum absolute atomic E-state index is 13.4. The number of carbonyl (C=O) groups is 1. The molecule has 0 radical (unpaired) electrons. The Kier molecular flexibility index (Phi) is 5.73. The molecule has 2 bridgehead atoms. The lowest BCUT2D eigenvalue weighted by atomic mass is 9.78. The van der Waals surface area contributed by atoms with Crippen molar-refractivity contribution in [1.29, 1.82) is 0 Å². The molecule has 0 N–H and O–H groups in total. The zero-order valence-electron chi connectivity index (χ0n) is 19.4. The van der Waals surface area contributed by atoms with Gasteiger partial charge in [0.15, 0.2) is 0 Å². The van der Waals surface area contributed by atoms with Gasteiger partial charge in [0.1, 0.15) is 6.10 Å². The van der Waals surface area contributed by atoms with Gasteiger partial charge in [-0.1, -0.05) is 18.9 Å². The predicted octanol–water partition coefficient (Wildman–Crippen LogP) is 5.46. The van der Waals surface area contributed by atoms with E-state index in [0.29, 0.717) is 18.1 Å². The van der Waals surface area contributed by atoms with E-state index < -0.39 is 0 Å². The molecule has 4 atom stereocenters. The van der Waals surface area contributed by atoms with Crippen molar-refractivity contribution in [2.45, 2.75) is 88.4 Å². The summed E-state index contributed by atoms with van der Waals surface area (Å²) in [5.74, 6) is 1.70. The van der Waals surface area contributed by atoms with E-state index in [4.69, 9.17) is 4.74 Å². The molecule has 0 spiro atoms. The Morgan fingerprint density at radius 3 is 2.39 bits per heavy atom. The van der Waals surface area contributed by atoms with E-state index >= 15 is 0 Å². The summed E-state index contributed by atoms with van der Waals surface area (Å²) in [6.45, 7) is 0.926. The average Bonchev–Trinajstić information content (AvgIpc) is 3.14. The first-order chi connectivity index (χ1) is 16.3. The number of benzene rings is 1. The lowest BCUT2D eigenvalue weighted by molar-refractivity contribution is 0.0390. The summed E-state index contributed by atoms with van der Waals surface area (Å²) in [6.07, 6.45) is 14.1. The monoisotopic (exact) mass is 445 g/mol. The molecular weight excluding hydrogens is 410 g/mol. The highest BCUT2D eigenvalue weighted by molar-refractivity contribution is 5.95. The first kappa shape index (κ1) is 21.0. The van der Waals surface area contributed by atoms with Crippen LogP contribution >= 0.6 is 0 Å². The van der Waals surface area contributed by atoms with Crippen LogP contribution in [-0.2, 0) is 0 Å². The molecule has 4 heterocycles. The molecule has 4 unspecified atom stereocenters. The standard InChI is InChI=1S/C28H35N3O2/c32-28(30-17-5-7-20-6-1-2-8-26(20)30)21-10-12-22(13-11-21)31-23-14-15-24(31)19-25(18-23)33-27-9-3-4-16-29-27/h3-4,9-13,16,20,23-26H,1-2,5-8,14-15,17-19H2. The Balaban J connectivity index is 1.13. The molecule has 1 aromatic carbocycles. The van der Waals surface area contributed by atoms with E-state index in [9.17, 15) is 4.79 Å². The van der Waals surface area contributed by atoms with Crippen LogP contribution in [0.1, 0.15) is 74.6 Å². The quantitative estimate of drug-likeness (QED) is 0.627. The number of nitrogens with zero attached hydrogens (tertiary/aromatic N) is 3. The van der Waals surface area contributed by atoms with Crippen LogP contribution in [-0.4, -0.2) is 46.6 Å². The van der Waals surface area contributed by atoms with Crippen LogP contribution in [0.15, 0.2) is 48.7 Å². The summed E-state index contributed by atoms with van der Waals surface area (Å²) in [5, 5.41) is 0. The largest absolute Gasteiger partial charge is 0.474 e. The fraction of sp³-hybridized carbons (Fsp3) is 0.571. The van der Waals surface area contributed by atoms with Crippen LogP contribution in [0.2, 0.25) is 0 Å². The maximum Gasteiger partial charge on any atom is 0.254 e. The fourth-order valence-electron chi connectivity index (χ4n) is 7.05. The highest BCUT2D eigenvalue weighted by Crippen LogP contribution is 2.41. The maximum atomic E-state index is 13.4. The van der Waals surface area contributed by atoms with Gasteiger partial charge in [-0.2, -0.15) is 0 Å². The molecule has 33 heavy (non-hydrogen) atoms. The number of carbonyl (C=O) groups excluding carboxylic acids is 1. The summed E-state index contributed by atoms with van der Waals surface area (Å²) in [5.41, 5.74) is 2.11. The molecule has 5 heteroatoms. The molecule has 174 valence electrons. The molecule has 2 aromatic rings. The van der Waals surface area contributed by atoms with Crippen molar-refractivity contribution in [2.75, 3.05) is 11.4 Å². The van der Waals surface area contributed by atoms with E-state index in [1.54, 1.807) is 6.20 Å². The topological polar surface area (TPSA) is 45.7 Å². The SMILES string of the molecule is O=C(c1ccc(N2C3CCC2CC(Oc2ccccn2)C3)cc1)N1CCCC2CCCCC21. The molecule has 3 saturated heterocycles. The summed E-state index contributed by atoms with van der Waals surface area (Å²) in [7, 11) is 0. The third-order valence-electron chi connectivity index (χ3n) is 8.53. The van der Waals surface area contributed by atoms with Gasteiger partial charge in [-0.3, -0.25) is 4.79 Å². The van der Waals surface area contributed by atoms with Gasteiger partial charge in [0.2, 0.25) is 5.88 Å². The van der Waals surface area contributed by atoms with Crippen molar-refractivity contribution >= 4 is 11.6 Å². The lowest BCUT2D eigenvalue weighted by Crippen LogP contribution is -2.49. The highest BCUT2D eigenvalue weighted by Gasteiger charge is 2.42. The zero-order valence-corrected chi connectivity index (χ0v) is 19.4. The van der Waals surface area contributed by atoms with Crippen LogP contribution in [0.5, 0.6) is 5.88 Å². The normalized spacial score (nSPS) is 31.2. The number of hydrogen-bond acceptors (Lipinski definition) is 4. The van der Waals surface area contributed by atoms with Gasteiger partial charge in [0.25, 0.3) is 5.91 Å². The van der Waals surface area contributed by atoms with Gasteiger partial charge in [0, 0.05) is 61.0 Å². The van der Waals surface area contributed by atoms with Crippen molar-refractivity contribution in [3.63, 3.8) is 0 Å². The Bertz CT molecular complexity index is 947. The van der Waals surface area contributed by atoms with Crippen molar-refractivity contribution in [2.24, 2.45) is 5.92 Å². The van der Waals surface area contributed by atoms with Gasteiger partial charge in [0.05, 0.1) is 0 Å². The molecule has 3 aliphatic heterocycles. The molecule has 1 aliphatic carbocycles. The Morgan fingerprint density at radius 1 is 0.879 bits per heavy atom. The van der Waals surface area contributed by atoms with Gasteiger partial charge >= 0.3 is 0 Å². The number of amides is 1. The number of fused-ring (bicyclic) bond motifs is 3. The Hall–Kier alpha value is -2.56. The number of hydrogen-bond donors (Lipinski definition) is 0. The summed E-state index contributed by atoms with van der Waals surface area (Å²) < 4.78 is 6.19. The second kappa shape index (κ2) is 9.00. The summed E-state index contributed by atoms with van der Waals surface area (Å²) >= 11 is 0. The van der Waals surface area contributed by atoms with E-state index in [1.807, 2.05) is 18.2 Å². The van der Waals surface area contributed by atoms with Crippen LogP contribution in [0.25, 0.3) is 0 Å². The number of likely N-dealkylation sites (tertiary alicyclic amines) is 1. The molecule has 6 rings (SSSR count). The molecule has 5 nitrogen and oxygen atoms in total. The number of aromatic nitrogens is 1. The van der Waals surface area contributed by atoms with Crippen LogP contribution in [0.4, 0.5) is 5.69 Å². The summed E-state index contributed by atoms with van der Waals surface area (Å²) in [6, 6.07) is 15.8. The van der Waals surface area contributed by atoms with Crippen LogP contribution in [0, 0.1) is 5.92 Å². The smallest absolute Gasteiger partial charge is 0.254 e. The highest BCUT2D eigenvalue weighted by atomic mass is 16.5. The minimum atomic E-state index is 0.233. The van der Waals surface area contributed by atoms with Crippen molar-refractivity contribution < 1.29 is 9.53 Å². The van der Waals surface area contributed by atoms with Crippen molar-refractivity contribution in [1.82, 2.24) is 9.88 Å². The van der Waals surface area contributed by atoms with Gasteiger partial charge < -0.3 is 14.5 Å². The second-order valence-electron chi connectivity index (χ2n) is 10.5. The summed E-state index contributed by atoms with van der Waals surface area (Å²) in [4.78, 5) is 22.5. The average molecular weight is 446 g/mol. The van der Waals surface area contributed by atoms with E-state index in [0.717, 1.165) is 43.2 Å². The van der Waals surface area contributed by atoms with E-state index in [1.165, 1.54) is 50.6 Å². The number of ether oxygens (including phenoxy) is 1. The third kappa shape index (κ3) is 4.11. The number of pyridine rings is 1.